The second-order valence-corrected chi connectivity index (χ2v) is 9.85. The second-order valence-electron chi connectivity index (χ2n) is 8.56. The number of nitrogens with one attached hydrogen (secondary N) is 2. The van der Waals surface area contributed by atoms with Crippen molar-refractivity contribution in [3.63, 3.8) is 0 Å². The monoisotopic (exact) mass is 367 g/mol. The van der Waals surface area contributed by atoms with Gasteiger partial charge in [-0.25, -0.2) is 0 Å². The van der Waals surface area contributed by atoms with Crippen molar-refractivity contribution in [2.24, 2.45) is 11.1 Å². The maximum Gasteiger partial charge on any atom is 0.237 e. The molecule has 0 radical (unpaired) electrons. The van der Waals surface area contributed by atoms with Gasteiger partial charge in [-0.1, -0.05) is 6.92 Å². The van der Waals surface area contributed by atoms with Gasteiger partial charge in [0.15, 0.2) is 0 Å². The number of nitrogens with zero attached hydrogens (tertiary/aromatic N) is 2. The van der Waals surface area contributed by atoms with Gasteiger partial charge in [0.2, 0.25) is 5.91 Å². The van der Waals surface area contributed by atoms with Crippen LogP contribution in [0.1, 0.15) is 39.0 Å². The summed E-state index contributed by atoms with van der Waals surface area (Å²) in [7, 11) is 0. The fourth-order valence-corrected chi connectivity index (χ4v) is 6.26. The van der Waals surface area contributed by atoms with E-state index in [4.69, 9.17) is 5.73 Å². The third-order valence-corrected chi connectivity index (χ3v) is 8.02. The van der Waals surface area contributed by atoms with Crippen molar-refractivity contribution < 1.29 is 4.79 Å². The van der Waals surface area contributed by atoms with Gasteiger partial charge in [-0.15, -0.1) is 11.8 Å². The molecule has 6 nitrogen and oxygen atoms in total. The summed E-state index contributed by atoms with van der Waals surface area (Å²) in [5.74, 6) is 0.360. The Morgan fingerprint density at radius 1 is 1.28 bits per heavy atom. The zero-order valence-corrected chi connectivity index (χ0v) is 16.2. The van der Waals surface area contributed by atoms with Crippen molar-refractivity contribution in [1.82, 2.24) is 20.4 Å². The maximum absolute atomic E-state index is 13.2. The molecule has 0 saturated carbocycles. The van der Waals surface area contributed by atoms with Gasteiger partial charge in [-0.05, 0) is 50.6 Å². The summed E-state index contributed by atoms with van der Waals surface area (Å²) in [5.41, 5.74) is 6.45. The molecule has 5 atom stereocenters. The van der Waals surface area contributed by atoms with E-state index in [1.165, 1.54) is 19.3 Å². The molecule has 1 amide bonds. The molecule has 4 rings (SSSR count). The van der Waals surface area contributed by atoms with Gasteiger partial charge in [-0.3, -0.25) is 15.0 Å². The van der Waals surface area contributed by atoms with E-state index in [0.29, 0.717) is 18.0 Å². The SMILES string of the molecule is CC1(CN)CCN(C2NCC(C(=O)N3CCCC4NCCCC43)S2)C1. The predicted molar refractivity (Wildman–Crippen MR) is 102 cm³/mol. The Balaban J connectivity index is 1.36. The van der Waals surface area contributed by atoms with Gasteiger partial charge in [0.05, 0.1) is 5.25 Å². The zero-order chi connectivity index (χ0) is 17.4. The van der Waals surface area contributed by atoms with E-state index in [-0.39, 0.29) is 16.2 Å². The molecule has 4 fully saturated rings. The van der Waals surface area contributed by atoms with Crippen molar-refractivity contribution in [2.75, 3.05) is 39.3 Å². The van der Waals surface area contributed by atoms with Crippen LogP contribution in [0, 0.1) is 5.41 Å². The van der Waals surface area contributed by atoms with E-state index >= 15 is 0 Å². The number of likely N-dealkylation sites (tertiary alicyclic amines) is 2. The minimum absolute atomic E-state index is 0.0652. The highest BCUT2D eigenvalue weighted by atomic mass is 32.2. The van der Waals surface area contributed by atoms with E-state index in [9.17, 15) is 4.79 Å². The van der Waals surface area contributed by atoms with Gasteiger partial charge in [0, 0.05) is 38.3 Å². The lowest BCUT2D eigenvalue weighted by Gasteiger charge is -2.45. The molecule has 0 aromatic rings. The molecule has 142 valence electrons. The molecular weight excluding hydrogens is 334 g/mol. The van der Waals surface area contributed by atoms with E-state index in [2.05, 4.69) is 27.4 Å². The smallest absolute Gasteiger partial charge is 0.237 e. The Morgan fingerprint density at radius 3 is 2.96 bits per heavy atom. The van der Waals surface area contributed by atoms with E-state index < -0.39 is 0 Å². The normalized spacial score (nSPS) is 42.6. The maximum atomic E-state index is 13.2. The molecule has 4 heterocycles. The molecule has 0 spiro atoms. The Morgan fingerprint density at radius 2 is 2.16 bits per heavy atom. The highest BCUT2D eigenvalue weighted by Crippen LogP contribution is 2.36. The highest BCUT2D eigenvalue weighted by molar-refractivity contribution is 8.01. The number of thioether (sulfide) groups is 1. The Hall–Kier alpha value is -0.340. The molecule has 4 aliphatic rings. The highest BCUT2D eigenvalue weighted by Gasteiger charge is 2.43. The van der Waals surface area contributed by atoms with Gasteiger partial charge in [-0.2, -0.15) is 0 Å². The summed E-state index contributed by atoms with van der Waals surface area (Å²) in [6.07, 6.45) is 5.86. The predicted octanol–water partition coefficient (Wildman–Crippen LogP) is 0.389. The number of carbonyl (C=O) groups is 1. The number of hydrogen-bond donors (Lipinski definition) is 3. The molecule has 4 aliphatic heterocycles. The van der Waals surface area contributed by atoms with E-state index in [1.54, 1.807) is 0 Å². The van der Waals surface area contributed by atoms with Crippen molar-refractivity contribution in [2.45, 2.75) is 61.9 Å². The van der Waals surface area contributed by atoms with Crippen LogP contribution in [-0.2, 0) is 4.79 Å². The van der Waals surface area contributed by atoms with E-state index in [1.807, 2.05) is 11.8 Å². The van der Waals surface area contributed by atoms with Crippen LogP contribution in [-0.4, -0.2) is 77.8 Å². The molecular formula is C18H33N5OS. The molecule has 4 saturated heterocycles. The molecule has 7 heteroatoms. The minimum atomic E-state index is 0.0652. The fourth-order valence-electron chi connectivity index (χ4n) is 4.96. The Kier molecular flexibility index (Phi) is 5.30. The second kappa shape index (κ2) is 7.35. The van der Waals surface area contributed by atoms with Crippen molar-refractivity contribution in [3.05, 3.63) is 0 Å². The van der Waals surface area contributed by atoms with Crippen molar-refractivity contribution in [1.29, 1.82) is 0 Å². The summed E-state index contributed by atoms with van der Waals surface area (Å²) < 4.78 is 0. The quantitative estimate of drug-likeness (QED) is 0.670. The van der Waals surface area contributed by atoms with Gasteiger partial charge in [0.25, 0.3) is 0 Å². The first-order valence-corrected chi connectivity index (χ1v) is 10.9. The lowest BCUT2D eigenvalue weighted by atomic mass is 9.89. The third-order valence-electron chi connectivity index (χ3n) is 6.60. The number of fused-ring (bicyclic) bond motifs is 1. The van der Waals surface area contributed by atoms with Crippen LogP contribution in [0.3, 0.4) is 0 Å². The first-order chi connectivity index (χ1) is 12.1. The van der Waals surface area contributed by atoms with Gasteiger partial charge in [0.1, 0.15) is 5.50 Å². The number of carbonyl (C=O) groups excluding carboxylic acids is 1. The zero-order valence-electron chi connectivity index (χ0n) is 15.4. The third kappa shape index (κ3) is 3.58. The number of amides is 1. The lowest BCUT2D eigenvalue weighted by molar-refractivity contribution is -0.135. The van der Waals surface area contributed by atoms with Gasteiger partial charge >= 0.3 is 0 Å². The number of rotatable bonds is 3. The fraction of sp³-hybridized carbons (Fsp3) is 0.944. The largest absolute Gasteiger partial charge is 0.337 e. The number of hydrogen-bond acceptors (Lipinski definition) is 6. The van der Waals surface area contributed by atoms with Crippen molar-refractivity contribution >= 4 is 17.7 Å². The average Bonchev–Trinajstić information content (AvgIpc) is 3.28. The van der Waals surface area contributed by atoms with Crippen LogP contribution in [0.4, 0.5) is 0 Å². The lowest BCUT2D eigenvalue weighted by Crippen LogP contribution is -2.60. The standard InChI is InChI=1S/C18H33N5OS/c1-18(11-19)6-9-22(12-18)17-21-10-15(25-17)16(24)23-8-3-4-13-14(23)5-2-7-20-13/h13-15,17,20-21H,2-12,19H2,1H3. The average molecular weight is 368 g/mol. The molecule has 0 aliphatic carbocycles. The van der Waals surface area contributed by atoms with Crippen LogP contribution in [0.2, 0.25) is 0 Å². The molecule has 0 aromatic carbocycles. The Labute approximate surface area is 155 Å². The first kappa shape index (κ1) is 18.0. The van der Waals surface area contributed by atoms with Crippen molar-refractivity contribution in [3.8, 4) is 0 Å². The number of nitrogens with two attached hydrogens (primary N) is 1. The first-order valence-electron chi connectivity index (χ1n) is 9.96. The van der Waals surface area contributed by atoms with Gasteiger partial charge < -0.3 is 16.0 Å². The number of piperidine rings is 2. The molecule has 25 heavy (non-hydrogen) atoms. The summed E-state index contributed by atoms with van der Waals surface area (Å²) in [6.45, 7) is 7.99. The molecule has 0 bridgehead atoms. The van der Waals surface area contributed by atoms with Crippen LogP contribution in [0.25, 0.3) is 0 Å². The summed E-state index contributed by atoms with van der Waals surface area (Å²) in [6, 6.07) is 0.937. The van der Waals surface area contributed by atoms with Crippen LogP contribution < -0.4 is 16.4 Å². The molecule has 5 unspecified atom stereocenters. The van der Waals surface area contributed by atoms with Crippen LogP contribution >= 0.6 is 11.8 Å². The summed E-state index contributed by atoms with van der Waals surface area (Å²) in [4.78, 5) is 17.9. The molecule has 0 aromatic heterocycles. The molecule has 4 N–H and O–H groups in total. The topological polar surface area (TPSA) is 73.6 Å². The summed E-state index contributed by atoms with van der Waals surface area (Å²) in [5, 5.41) is 7.28. The van der Waals surface area contributed by atoms with Crippen LogP contribution in [0.15, 0.2) is 0 Å². The summed E-state index contributed by atoms with van der Waals surface area (Å²) >= 11 is 1.82. The minimum Gasteiger partial charge on any atom is -0.337 e. The van der Waals surface area contributed by atoms with Crippen LogP contribution in [0.5, 0.6) is 0 Å². The Bertz CT molecular complexity index is 504. The van der Waals surface area contributed by atoms with E-state index in [0.717, 1.165) is 52.1 Å².